The van der Waals surface area contributed by atoms with E-state index in [0.717, 1.165) is 0 Å². The molecular weight excluding hydrogens is 242 g/mol. The van der Waals surface area contributed by atoms with Crippen LogP contribution in [0.5, 0.6) is 0 Å². The summed E-state index contributed by atoms with van der Waals surface area (Å²) >= 11 is 0. The Morgan fingerprint density at radius 2 is 2.05 bits per heavy atom. The summed E-state index contributed by atoms with van der Waals surface area (Å²) in [5, 5.41) is 12.7. The number of aromatic nitrogens is 2. The summed E-state index contributed by atoms with van der Waals surface area (Å²) < 4.78 is 1.64. The molecule has 0 amide bonds. The molecule has 0 spiro atoms. The van der Waals surface area contributed by atoms with Crippen molar-refractivity contribution >= 4 is 5.82 Å². The van der Waals surface area contributed by atoms with E-state index < -0.39 is 6.10 Å². The number of rotatable bonds is 5. The van der Waals surface area contributed by atoms with Gasteiger partial charge in [0, 0.05) is 24.5 Å². The Morgan fingerprint density at radius 1 is 1.42 bits per heavy atom. The number of nitrogens with zero attached hydrogens (tertiary/aromatic N) is 2. The van der Waals surface area contributed by atoms with Gasteiger partial charge in [0.15, 0.2) is 5.82 Å². The molecule has 0 saturated carbocycles. The predicted molar refractivity (Wildman–Crippen MR) is 77.4 cm³/mol. The fourth-order valence-electron chi connectivity index (χ4n) is 1.90. The Kier molecular flexibility index (Phi) is 5.11. The molecule has 5 heteroatoms. The van der Waals surface area contributed by atoms with E-state index in [-0.39, 0.29) is 11.1 Å². The molecule has 1 heterocycles. The standard InChI is InChI=1S/C14H25N3O2/c1-10(2)8-11(18)9-16-12-13(19)17(7-6-15-12)14(3,4)5/h6-7,10-11,18H,8-9H2,1-5H3,(H,15,16). The van der Waals surface area contributed by atoms with E-state index in [2.05, 4.69) is 24.1 Å². The first-order chi connectivity index (χ1) is 8.71. The van der Waals surface area contributed by atoms with E-state index in [1.807, 2.05) is 20.8 Å². The van der Waals surface area contributed by atoms with Gasteiger partial charge in [-0.15, -0.1) is 0 Å². The average Bonchev–Trinajstić information content (AvgIpc) is 2.25. The first-order valence-electron chi connectivity index (χ1n) is 6.72. The fourth-order valence-corrected chi connectivity index (χ4v) is 1.90. The summed E-state index contributed by atoms with van der Waals surface area (Å²) in [5.74, 6) is 0.715. The molecule has 0 aliphatic heterocycles. The van der Waals surface area contributed by atoms with Crippen LogP contribution in [0, 0.1) is 5.92 Å². The number of aliphatic hydroxyl groups is 1. The zero-order valence-electron chi connectivity index (χ0n) is 12.5. The van der Waals surface area contributed by atoms with Gasteiger partial charge in [0.25, 0.3) is 5.56 Å². The quantitative estimate of drug-likeness (QED) is 0.854. The van der Waals surface area contributed by atoms with Gasteiger partial charge in [0.05, 0.1) is 6.10 Å². The van der Waals surface area contributed by atoms with Gasteiger partial charge in [-0.3, -0.25) is 4.79 Å². The van der Waals surface area contributed by atoms with Gasteiger partial charge in [-0.2, -0.15) is 0 Å². The highest BCUT2D eigenvalue weighted by molar-refractivity contribution is 5.31. The highest BCUT2D eigenvalue weighted by Crippen LogP contribution is 2.11. The Balaban J connectivity index is 2.78. The SMILES string of the molecule is CC(C)CC(O)CNc1nccn(C(C)(C)C)c1=O. The van der Waals surface area contributed by atoms with Crippen LogP contribution in [0.2, 0.25) is 0 Å². The van der Waals surface area contributed by atoms with E-state index in [0.29, 0.717) is 24.7 Å². The summed E-state index contributed by atoms with van der Waals surface area (Å²) in [6.07, 6.45) is 3.51. The van der Waals surface area contributed by atoms with E-state index in [1.165, 1.54) is 0 Å². The fraction of sp³-hybridized carbons (Fsp3) is 0.714. The van der Waals surface area contributed by atoms with Crippen LogP contribution in [0.25, 0.3) is 0 Å². The van der Waals surface area contributed by atoms with Crippen molar-refractivity contribution in [2.24, 2.45) is 5.92 Å². The molecule has 108 valence electrons. The highest BCUT2D eigenvalue weighted by atomic mass is 16.3. The van der Waals surface area contributed by atoms with Gasteiger partial charge < -0.3 is 15.0 Å². The van der Waals surface area contributed by atoms with Gasteiger partial charge in [-0.05, 0) is 33.1 Å². The molecule has 1 atom stereocenters. The largest absolute Gasteiger partial charge is 0.391 e. The summed E-state index contributed by atoms with van der Waals surface area (Å²) in [6.45, 7) is 10.3. The van der Waals surface area contributed by atoms with Crippen LogP contribution in [0.3, 0.4) is 0 Å². The molecule has 1 aromatic rings. The molecule has 1 aromatic heterocycles. The molecule has 0 bridgehead atoms. The third kappa shape index (κ3) is 4.67. The van der Waals surface area contributed by atoms with Gasteiger partial charge in [0.1, 0.15) is 0 Å². The second-order valence-corrected chi connectivity index (χ2v) is 6.29. The molecule has 1 rings (SSSR count). The third-order valence-electron chi connectivity index (χ3n) is 2.81. The second-order valence-electron chi connectivity index (χ2n) is 6.29. The van der Waals surface area contributed by atoms with Crippen molar-refractivity contribution in [3.05, 3.63) is 22.7 Å². The number of hydrogen-bond acceptors (Lipinski definition) is 4. The van der Waals surface area contributed by atoms with Crippen LogP contribution in [0.4, 0.5) is 5.82 Å². The normalized spacial score (nSPS) is 13.6. The minimum atomic E-state index is -0.468. The minimum Gasteiger partial charge on any atom is -0.391 e. The first kappa shape index (κ1) is 15.7. The van der Waals surface area contributed by atoms with Crippen molar-refractivity contribution in [2.75, 3.05) is 11.9 Å². The van der Waals surface area contributed by atoms with Crippen LogP contribution in [-0.2, 0) is 5.54 Å². The Morgan fingerprint density at radius 3 is 2.58 bits per heavy atom. The summed E-state index contributed by atoms with van der Waals surface area (Å²) in [5.41, 5.74) is -0.445. The zero-order valence-corrected chi connectivity index (χ0v) is 12.5. The van der Waals surface area contributed by atoms with Crippen LogP contribution >= 0.6 is 0 Å². The topological polar surface area (TPSA) is 67.2 Å². The molecule has 0 aliphatic carbocycles. The minimum absolute atomic E-state index is 0.160. The van der Waals surface area contributed by atoms with E-state index in [9.17, 15) is 9.90 Å². The van der Waals surface area contributed by atoms with E-state index in [4.69, 9.17) is 0 Å². The molecule has 1 unspecified atom stereocenters. The molecule has 0 saturated heterocycles. The summed E-state index contributed by atoms with van der Waals surface area (Å²) in [4.78, 5) is 16.3. The van der Waals surface area contributed by atoms with Gasteiger partial charge in [-0.25, -0.2) is 4.98 Å². The number of anilines is 1. The van der Waals surface area contributed by atoms with Crippen LogP contribution < -0.4 is 10.9 Å². The third-order valence-corrected chi connectivity index (χ3v) is 2.81. The predicted octanol–water partition coefficient (Wildman–Crippen LogP) is 1.82. The van der Waals surface area contributed by atoms with Crippen LogP contribution in [-0.4, -0.2) is 27.3 Å². The van der Waals surface area contributed by atoms with Crippen molar-refractivity contribution in [2.45, 2.75) is 52.7 Å². The lowest BCUT2D eigenvalue weighted by Gasteiger charge is -2.22. The maximum Gasteiger partial charge on any atom is 0.293 e. The summed E-state index contributed by atoms with van der Waals surface area (Å²) in [6, 6.07) is 0. The molecule has 0 fully saturated rings. The van der Waals surface area contributed by atoms with Crippen LogP contribution in [0.1, 0.15) is 41.0 Å². The van der Waals surface area contributed by atoms with Crippen LogP contribution in [0.15, 0.2) is 17.2 Å². The lowest BCUT2D eigenvalue weighted by Crippen LogP contribution is -2.36. The lowest BCUT2D eigenvalue weighted by molar-refractivity contribution is 0.161. The Bertz CT molecular complexity index is 460. The van der Waals surface area contributed by atoms with Gasteiger partial charge >= 0.3 is 0 Å². The maximum atomic E-state index is 12.2. The summed E-state index contributed by atoms with van der Waals surface area (Å²) in [7, 11) is 0. The van der Waals surface area contributed by atoms with Crippen molar-refractivity contribution in [1.82, 2.24) is 9.55 Å². The molecule has 0 radical (unpaired) electrons. The second kappa shape index (κ2) is 6.19. The Labute approximate surface area is 114 Å². The smallest absolute Gasteiger partial charge is 0.293 e. The molecule has 0 aromatic carbocycles. The number of nitrogens with one attached hydrogen (secondary N) is 1. The molecule has 5 nitrogen and oxygen atoms in total. The molecular formula is C14H25N3O2. The highest BCUT2D eigenvalue weighted by Gasteiger charge is 2.17. The maximum absolute atomic E-state index is 12.2. The Hall–Kier alpha value is -1.36. The van der Waals surface area contributed by atoms with Gasteiger partial charge in [0.2, 0.25) is 0 Å². The lowest BCUT2D eigenvalue weighted by atomic mass is 10.1. The zero-order chi connectivity index (χ0) is 14.6. The van der Waals surface area contributed by atoms with Crippen molar-refractivity contribution < 1.29 is 5.11 Å². The van der Waals surface area contributed by atoms with Crippen molar-refractivity contribution in [3.63, 3.8) is 0 Å². The average molecular weight is 267 g/mol. The molecule has 0 aliphatic rings. The van der Waals surface area contributed by atoms with E-state index in [1.54, 1.807) is 17.0 Å². The van der Waals surface area contributed by atoms with Crippen molar-refractivity contribution in [3.8, 4) is 0 Å². The monoisotopic (exact) mass is 267 g/mol. The number of aliphatic hydroxyl groups excluding tert-OH is 1. The molecule has 2 N–H and O–H groups in total. The number of hydrogen-bond donors (Lipinski definition) is 2. The van der Waals surface area contributed by atoms with Crippen molar-refractivity contribution in [1.29, 1.82) is 0 Å². The van der Waals surface area contributed by atoms with E-state index >= 15 is 0 Å². The molecule has 19 heavy (non-hydrogen) atoms. The van der Waals surface area contributed by atoms with Gasteiger partial charge in [-0.1, -0.05) is 13.8 Å². The first-order valence-corrected chi connectivity index (χ1v) is 6.72.